The average Bonchev–Trinajstić information content (AvgIpc) is 3.11. The minimum atomic E-state index is -0.609. The number of fused-ring (bicyclic) bond motifs is 2. The number of nitrogens with zero attached hydrogens (tertiary/aromatic N) is 2. The second-order valence-electron chi connectivity index (χ2n) is 11.2. The number of phenolic OH excluding ortho intramolecular Hbond substituents is 2. The van der Waals surface area contributed by atoms with Gasteiger partial charge in [0.2, 0.25) is 0 Å². The highest BCUT2D eigenvalue weighted by atomic mass is 79.9. The molecule has 2 amide bonds. The molecule has 3 aliphatic rings. The standard InChI is InChI=1S/C34H26Br6N4O8/c35-19-3-1-18-6-8-42-34(48)24(44-50)13-16-9-20(36)29(45)26(14-16)52-31-21(37)10-15(11-22(31)38)12-23(43-49)33(47)41-7-5-17-2-4-25(30(46)27(17)39)51-32(19)28(18)40/h1-4,9-11,14,45-46,49-50H,5-8,12-13H2,(H,41,47)(H,42,48). The largest absolute Gasteiger partial charge is 0.503 e. The second-order valence-corrected chi connectivity index (χ2v) is 16.2. The van der Waals surface area contributed by atoms with Crippen LogP contribution < -0.4 is 20.1 Å². The van der Waals surface area contributed by atoms with Gasteiger partial charge in [-0.3, -0.25) is 9.59 Å². The zero-order chi connectivity index (χ0) is 37.7. The third kappa shape index (κ3) is 9.31. The molecule has 272 valence electrons. The smallest absolute Gasteiger partial charge is 0.269 e. The summed E-state index contributed by atoms with van der Waals surface area (Å²) in [5.74, 6) is -0.706. The molecule has 7 rings (SSSR count). The van der Waals surface area contributed by atoms with Crippen LogP contribution >= 0.6 is 95.6 Å². The van der Waals surface area contributed by atoms with Crippen LogP contribution in [0, 0.1) is 0 Å². The molecule has 0 fully saturated rings. The Morgan fingerprint density at radius 1 is 0.577 bits per heavy atom. The molecule has 8 bridgehead atoms. The highest BCUT2D eigenvalue weighted by molar-refractivity contribution is 9.11. The number of oxime groups is 2. The molecule has 12 nitrogen and oxygen atoms in total. The third-order valence-corrected chi connectivity index (χ3v) is 11.9. The van der Waals surface area contributed by atoms with Gasteiger partial charge in [-0.25, -0.2) is 0 Å². The number of phenols is 2. The van der Waals surface area contributed by atoms with Crippen LogP contribution in [-0.4, -0.2) is 57.0 Å². The van der Waals surface area contributed by atoms with Crippen LogP contribution in [0.1, 0.15) is 22.3 Å². The van der Waals surface area contributed by atoms with Gasteiger partial charge in [-0.05, 0) is 167 Å². The number of aromatic hydroxyl groups is 2. The van der Waals surface area contributed by atoms with Crippen molar-refractivity contribution in [3.05, 3.63) is 97.6 Å². The number of rotatable bonds is 0. The first-order valence-corrected chi connectivity index (χ1v) is 19.9. The number of nitrogens with one attached hydrogen (secondary N) is 2. The summed E-state index contributed by atoms with van der Waals surface area (Å²) in [6.45, 7) is 0.340. The van der Waals surface area contributed by atoms with E-state index in [0.29, 0.717) is 57.6 Å². The second kappa shape index (κ2) is 17.8. The number of hydrogen-bond acceptors (Lipinski definition) is 10. The number of hydrogen-bond donors (Lipinski definition) is 6. The van der Waals surface area contributed by atoms with Gasteiger partial charge >= 0.3 is 0 Å². The summed E-state index contributed by atoms with van der Waals surface area (Å²) >= 11 is 20.8. The lowest BCUT2D eigenvalue weighted by molar-refractivity contribution is -0.115. The van der Waals surface area contributed by atoms with E-state index in [2.05, 4.69) is 117 Å². The zero-order valence-corrected chi connectivity index (χ0v) is 36.0. The Morgan fingerprint density at radius 2 is 1.08 bits per heavy atom. The van der Waals surface area contributed by atoms with Crippen molar-refractivity contribution in [2.45, 2.75) is 25.7 Å². The van der Waals surface area contributed by atoms with Crippen LogP contribution in [0.4, 0.5) is 0 Å². The number of halogens is 6. The van der Waals surface area contributed by atoms with Crippen LogP contribution in [0.2, 0.25) is 0 Å². The van der Waals surface area contributed by atoms with Gasteiger partial charge in [0.15, 0.2) is 34.5 Å². The molecule has 0 saturated heterocycles. The van der Waals surface area contributed by atoms with Crippen molar-refractivity contribution in [2.24, 2.45) is 10.3 Å². The molecule has 0 radical (unpaired) electrons. The summed E-state index contributed by atoms with van der Waals surface area (Å²) in [6.07, 6.45) is 0.536. The first-order chi connectivity index (χ1) is 24.8. The van der Waals surface area contributed by atoms with E-state index in [1.54, 1.807) is 36.4 Å². The van der Waals surface area contributed by atoms with Crippen molar-refractivity contribution in [3.8, 4) is 34.5 Å². The first-order valence-electron chi connectivity index (χ1n) is 15.1. The van der Waals surface area contributed by atoms with Crippen LogP contribution in [0.5, 0.6) is 34.5 Å². The van der Waals surface area contributed by atoms with Gasteiger partial charge in [0.1, 0.15) is 11.4 Å². The van der Waals surface area contributed by atoms with Crippen molar-refractivity contribution in [3.63, 3.8) is 0 Å². The number of carbonyl (C=O) groups excluding carboxylic acids is 2. The van der Waals surface area contributed by atoms with E-state index in [4.69, 9.17) is 9.47 Å². The van der Waals surface area contributed by atoms with Crippen molar-refractivity contribution < 1.29 is 39.7 Å². The van der Waals surface area contributed by atoms with Gasteiger partial charge in [-0.2, -0.15) is 0 Å². The van der Waals surface area contributed by atoms with Crippen molar-refractivity contribution in [2.75, 3.05) is 13.1 Å². The molecule has 3 aliphatic heterocycles. The van der Waals surface area contributed by atoms with Crippen molar-refractivity contribution in [1.29, 1.82) is 0 Å². The third-order valence-electron chi connectivity index (χ3n) is 7.73. The summed E-state index contributed by atoms with van der Waals surface area (Å²) in [7, 11) is 0. The number of carbonyl (C=O) groups is 2. The van der Waals surface area contributed by atoms with E-state index in [9.17, 15) is 30.2 Å². The molecule has 0 aromatic heterocycles. The van der Waals surface area contributed by atoms with E-state index in [0.717, 1.165) is 5.56 Å². The Bertz CT molecular complexity index is 2110. The van der Waals surface area contributed by atoms with Gasteiger partial charge in [-0.1, -0.05) is 22.4 Å². The molecule has 4 aromatic rings. The molecule has 0 atom stereocenters. The fourth-order valence-corrected chi connectivity index (χ4v) is 8.86. The predicted molar refractivity (Wildman–Crippen MR) is 215 cm³/mol. The molecular weight excluding hydrogens is 1070 g/mol. The maximum absolute atomic E-state index is 13.1. The quantitative estimate of drug-likeness (QED) is 0.0745. The van der Waals surface area contributed by atoms with Gasteiger partial charge < -0.3 is 40.7 Å². The number of ether oxygens (including phenoxy) is 2. The van der Waals surface area contributed by atoms with Crippen molar-refractivity contribution in [1.82, 2.24) is 10.6 Å². The Kier molecular flexibility index (Phi) is 13.7. The predicted octanol–water partition coefficient (Wildman–Crippen LogP) is 9.03. The molecule has 52 heavy (non-hydrogen) atoms. The van der Waals surface area contributed by atoms with Crippen LogP contribution in [0.3, 0.4) is 0 Å². The minimum Gasteiger partial charge on any atom is -0.503 e. The summed E-state index contributed by atoms with van der Waals surface area (Å²) in [4.78, 5) is 26.1. The number of amides is 2. The lowest BCUT2D eigenvalue weighted by Crippen LogP contribution is -2.33. The van der Waals surface area contributed by atoms with Crippen LogP contribution in [-0.2, 0) is 35.3 Å². The highest BCUT2D eigenvalue weighted by Crippen LogP contribution is 2.45. The average molecular weight is 1100 g/mol. The Labute approximate surface area is 347 Å². The molecule has 0 aliphatic carbocycles. The van der Waals surface area contributed by atoms with Gasteiger partial charge in [-0.15, -0.1) is 0 Å². The van der Waals surface area contributed by atoms with E-state index in [1.165, 1.54) is 6.07 Å². The fourth-order valence-electron chi connectivity index (χ4n) is 5.10. The number of benzene rings is 4. The van der Waals surface area contributed by atoms with E-state index >= 15 is 0 Å². The maximum Gasteiger partial charge on any atom is 0.269 e. The summed E-state index contributed by atoms with van der Waals surface area (Å²) in [5.41, 5.74) is 2.20. The monoisotopic (exact) mass is 1090 g/mol. The summed E-state index contributed by atoms with van der Waals surface area (Å²) in [5, 5.41) is 53.3. The zero-order valence-electron chi connectivity index (χ0n) is 26.4. The maximum atomic E-state index is 13.1. The lowest BCUT2D eigenvalue weighted by atomic mass is 10.1. The van der Waals surface area contributed by atoms with E-state index in [1.807, 2.05) is 6.07 Å². The molecular formula is C34H26Br6N4O8. The van der Waals surface area contributed by atoms with Crippen LogP contribution in [0.25, 0.3) is 0 Å². The molecule has 3 heterocycles. The van der Waals surface area contributed by atoms with E-state index < -0.39 is 11.8 Å². The Hall–Kier alpha value is -3.16. The summed E-state index contributed by atoms with van der Waals surface area (Å²) in [6, 6.07) is 13.4. The molecule has 0 saturated carbocycles. The molecule has 4 aromatic carbocycles. The Balaban J connectivity index is 1.49. The normalized spacial score (nSPS) is 16.1. The SMILES string of the molecule is O=C1NCCc2ccc(c(O)c2Br)Oc2c(Br)ccc(c2Br)CCNC(=O)C(=NO)Cc2cc(Br)c(O)c(c2)Oc2c(Br)cc(cc2Br)CC1=NO. The van der Waals surface area contributed by atoms with Gasteiger partial charge in [0, 0.05) is 25.9 Å². The molecule has 0 spiro atoms. The first kappa shape index (κ1) is 40.0. The Morgan fingerprint density at radius 3 is 1.65 bits per heavy atom. The summed E-state index contributed by atoms with van der Waals surface area (Å²) < 4.78 is 14.9. The van der Waals surface area contributed by atoms with Gasteiger partial charge in [0.05, 0.1) is 26.8 Å². The molecule has 6 N–H and O–H groups in total. The van der Waals surface area contributed by atoms with Crippen molar-refractivity contribution >= 4 is 119 Å². The topological polar surface area (TPSA) is 182 Å². The lowest BCUT2D eigenvalue weighted by Gasteiger charge is -2.17. The molecule has 0 unspecified atom stereocenters. The fraction of sp³-hybridized carbons (Fsp3) is 0.176. The van der Waals surface area contributed by atoms with Gasteiger partial charge in [0.25, 0.3) is 11.8 Å². The molecule has 18 heteroatoms. The van der Waals surface area contributed by atoms with E-state index in [-0.39, 0.29) is 70.6 Å². The minimum absolute atomic E-state index is 0.0360. The highest BCUT2D eigenvalue weighted by Gasteiger charge is 2.22. The van der Waals surface area contributed by atoms with Crippen LogP contribution in [0.15, 0.2) is 85.7 Å².